The van der Waals surface area contributed by atoms with Gasteiger partial charge in [-0.25, -0.2) is 0 Å². The smallest absolute Gasteiger partial charge is 0.253 e. The lowest BCUT2D eigenvalue weighted by Gasteiger charge is -2.29. The van der Waals surface area contributed by atoms with Crippen molar-refractivity contribution < 1.29 is 0 Å². The van der Waals surface area contributed by atoms with Gasteiger partial charge in [0.15, 0.2) is 0 Å². The van der Waals surface area contributed by atoms with Gasteiger partial charge < -0.3 is 9.80 Å². The topological polar surface area (TPSA) is 40.6 Å². The van der Waals surface area contributed by atoms with Gasteiger partial charge >= 0.3 is 0 Å². The number of nitrogens with zero attached hydrogens (tertiary/aromatic N) is 2. The molecule has 1 aromatic carbocycles. The minimum atomic E-state index is -0.350. The monoisotopic (exact) mass is 282 g/mol. The lowest BCUT2D eigenvalue weighted by molar-refractivity contribution is 0.381. The Kier molecular flexibility index (Phi) is 6.97. The number of rotatable bonds is 5. The van der Waals surface area contributed by atoms with E-state index in [2.05, 4.69) is 20.8 Å². The van der Waals surface area contributed by atoms with Gasteiger partial charge in [-0.15, -0.1) is 0 Å². The van der Waals surface area contributed by atoms with Crippen LogP contribution in [0.4, 0.5) is 11.4 Å². The van der Waals surface area contributed by atoms with Gasteiger partial charge in [-0.3, -0.25) is 9.59 Å². The zero-order valence-electron chi connectivity index (χ0n) is 14.3. The van der Waals surface area contributed by atoms with Crippen LogP contribution in [0, 0.1) is 5.41 Å². The summed E-state index contributed by atoms with van der Waals surface area (Å²) in [6, 6.07) is 0. The zero-order chi connectivity index (χ0) is 16.1. The normalized spacial score (nSPS) is 11.0. The summed E-state index contributed by atoms with van der Waals surface area (Å²) in [5.41, 5.74) is 0.675. The van der Waals surface area contributed by atoms with Crippen molar-refractivity contribution in [2.24, 2.45) is 5.41 Å². The first-order valence-electron chi connectivity index (χ1n) is 7.44. The van der Waals surface area contributed by atoms with Crippen molar-refractivity contribution in [2.45, 2.75) is 48.0 Å². The molecule has 0 radical (unpaired) electrons. The summed E-state index contributed by atoms with van der Waals surface area (Å²) in [5.74, 6) is 0. The lowest BCUT2D eigenvalue weighted by atomic mass is 9.92. The number of anilines is 2. The predicted octanol–water partition coefficient (Wildman–Crippen LogP) is 2.64. The molecule has 0 heterocycles. The molecule has 0 aliphatic carbocycles. The Labute approximate surface area is 123 Å². The molecule has 116 valence electrons. The molecule has 0 aromatic heterocycles. The van der Waals surface area contributed by atoms with Gasteiger partial charge in [0.05, 0.1) is 0 Å². The maximum Gasteiger partial charge on any atom is 0.253 e. The van der Waals surface area contributed by atoms with Crippen LogP contribution >= 0.6 is 0 Å². The van der Waals surface area contributed by atoms with Crippen LogP contribution in [-0.4, -0.2) is 27.2 Å². The molecule has 20 heavy (non-hydrogen) atoms. The van der Waals surface area contributed by atoms with Crippen molar-refractivity contribution in [1.82, 2.24) is 0 Å². The Bertz CT molecular complexity index is 479. The fourth-order valence-corrected chi connectivity index (χ4v) is 1.85. The highest BCUT2D eigenvalue weighted by Crippen LogP contribution is 2.25. The predicted molar refractivity (Wildman–Crippen MR) is 89.0 cm³/mol. The van der Waals surface area contributed by atoms with E-state index in [4.69, 9.17) is 0 Å². The van der Waals surface area contributed by atoms with Gasteiger partial charge in [0.25, 0.3) is 10.9 Å². The third-order valence-corrected chi connectivity index (χ3v) is 3.30. The Morgan fingerprint density at radius 3 is 1.65 bits per heavy atom. The average Bonchev–Trinajstić information content (AvgIpc) is 2.41. The van der Waals surface area contributed by atoms with Gasteiger partial charge in [0, 0.05) is 27.2 Å². The highest BCUT2D eigenvalue weighted by molar-refractivity contribution is 5.75. The highest BCUT2D eigenvalue weighted by Gasteiger charge is 2.26. The van der Waals surface area contributed by atoms with Gasteiger partial charge in [0.1, 0.15) is 11.4 Å². The summed E-state index contributed by atoms with van der Waals surface area (Å²) in [7, 11) is 3.73. The third-order valence-electron chi connectivity index (χ3n) is 3.30. The molecule has 0 saturated heterocycles. The van der Waals surface area contributed by atoms with Crippen LogP contribution in [0.1, 0.15) is 48.0 Å². The number of hydrogen-bond acceptors (Lipinski definition) is 4. The molecule has 0 aliphatic rings. The third kappa shape index (κ3) is 4.36. The SMILES string of the molecule is CC.CCN(C)c1c(N(C)CCC(C)(C)C)c(=O)c1=O. The van der Waals surface area contributed by atoms with Gasteiger partial charge in [-0.2, -0.15) is 0 Å². The van der Waals surface area contributed by atoms with E-state index < -0.39 is 0 Å². The molecule has 0 amide bonds. The quantitative estimate of drug-likeness (QED) is 0.779. The highest BCUT2D eigenvalue weighted by atomic mass is 16.2. The summed E-state index contributed by atoms with van der Waals surface area (Å²) in [4.78, 5) is 27.0. The fourth-order valence-electron chi connectivity index (χ4n) is 1.85. The summed E-state index contributed by atoms with van der Waals surface area (Å²) in [5, 5.41) is 0. The van der Waals surface area contributed by atoms with Crippen molar-refractivity contribution in [3.63, 3.8) is 0 Å². The van der Waals surface area contributed by atoms with Crippen molar-refractivity contribution in [2.75, 3.05) is 37.0 Å². The van der Waals surface area contributed by atoms with Crippen LogP contribution in [0.3, 0.4) is 0 Å². The van der Waals surface area contributed by atoms with Crippen LogP contribution < -0.4 is 20.7 Å². The molecule has 1 rings (SSSR count). The van der Waals surface area contributed by atoms with Crippen molar-refractivity contribution in [3.8, 4) is 0 Å². The van der Waals surface area contributed by atoms with Gasteiger partial charge in [0.2, 0.25) is 0 Å². The van der Waals surface area contributed by atoms with Crippen LogP contribution in [-0.2, 0) is 0 Å². The van der Waals surface area contributed by atoms with Gasteiger partial charge in [-0.1, -0.05) is 34.6 Å². The van der Waals surface area contributed by atoms with E-state index in [1.165, 1.54) is 0 Å². The molecule has 0 N–H and O–H groups in total. The lowest BCUT2D eigenvalue weighted by Crippen LogP contribution is -2.44. The second-order valence-electron chi connectivity index (χ2n) is 6.10. The molecule has 0 bridgehead atoms. The van der Waals surface area contributed by atoms with E-state index >= 15 is 0 Å². The molecule has 4 nitrogen and oxygen atoms in total. The van der Waals surface area contributed by atoms with Crippen molar-refractivity contribution in [1.29, 1.82) is 0 Å². The van der Waals surface area contributed by atoms with Crippen LogP contribution in [0.25, 0.3) is 0 Å². The molecule has 0 aliphatic heterocycles. The van der Waals surface area contributed by atoms with E-state index in [0.717, 1.165) is 19.5 Å². The Balaban J connectivity index is 0.00000172. The van der Waals surface area contributed by atoms with Crippen molar-refractivity contribution in [3.05, 3.63) is 20.4 Å². The first kappa shape index (κ1) is 18.7. The molecular weight excluding hydrogens is 252 g/mol. The maximum absolute atomic E-state index is 11.7. The minimum absolute atomic E-state index is 0.225. The van der Waals surface area contributed by atoms with Gasteiger partial charge in [-0.05, 0) is 18.8 Å². The molecular formula is C16H30N2O2. The molecule has 0 atom stereocenters. The summed E-state index contributed by atoms with van der Waals surface area (Å²) in [6.45, 7) is 14.0. The summed E-state index contributed by atoms with van der Waals surface area (Å²) < 4.78 is 0. The Hall–Kier alpha value is -1.32. The van der Waals surface area contributed by atoms with E-state index in [9.17, 15) is 9.59 Å². The second-order valence-corrected chi connectivity index (χ2v) is 6.10. The largest absolute Gasteiger partial charge is 0.370 e. The summed E-state index contributed by atoms with van der Waals surface area (Å²) in [6.07, 6.45) is 0.984. The van der Waals surface area contributed by atoms with Crippen molar-refractivity contribution >= 4 is 11.4 Å². The Morgan fingerprint density at radius 1 is 0.900 bits per heavy atom. The van der Waals surface area contributed by atoms with E-state index in [0.29, 0.717) is 11.4 Å². The van der Waals surface area contributed by atoms with E-state index in [1.807, 2.05) is 44.7 Å². The molecule has 0 saturated carbocycles. The average molecular weight is 282 g/mol. The van der Waals surface area contributed by atoms with E-state index in [-0.39, 0.29) is 16.3 Å². The molecule has 1 aromatic rings. The second kappa shape index (κ2) is 7.46. The maximum atomic E-state index is 11.7. The first-order valence-corrected chi connectivity index (χ1v) is 7.44. The van der Waals surface area contributed by atoms with E-state index in [1.54, 1.807) is 0 Å². The van der Waals surface area contributed by atoms with Crippen LogP contribution in [0.5, 0.6) is 0 Å². The molecule has 0 spiro atoms. The number of hydrogen-bond donors (Lipinski definition) is 0. The van der Waals surface area contributed by atoms with Crippen LogP contribution in [0.2, 0.25) is 0 Å². The first-order chi connectivity index (χ1) is 9.19. The van der Waals surface area contributed by atoms with Crippen LogP contribution in [0.15, 0.2) is 9.59 Å². The minimum Gasteiger partial charge on any atom is -0.370 e. The fraction of sp³-hybridized carbons (Fsp3) is 0.750. The molecule has 4 heteroatoms. The summed E-state index contributed by atoms with van der Waals surface area (Å²) >= 11 is 0. The Morgan fingerprint density at radius 2 is 1.30 bits per heavy atom. The zero-order valence-corrected chi connectivity index (χ0v) is 14.3. The molecule has 0 fully saturated rings. The molecule has 0 unspecified atom stereocenters. The standard InChI is InChI=1S/C14H24N2O2.C2H6/c1-7-15(5)10-11(13(18)12(10)17)16(6)9-8-14(2,3)4;1-2/h7-9H2,1-6H3;1-2H3.